The standard InChI is InChI=1S/C20H28O4/c1-13-4-7-16-19(2,10-8-17(21)20(16,3)18(22)23)15(13)6-5-14-9-11-24-12-14/h9,11-12,15-17,21H,1,4-8,10H2,2-3H3,(H,22,23). The van der Waals surface area contributed by atoms with Crippen LogP contribution in [0.2, 0.25) is 0 Å². The minimum atomic E-state index is -1.07. The molecule has 4 heteroatoms. The van der Waals surface area contributed by atoms with Gasteiger partial charge in [-0.05, 0) is 74.3 Å². The molecular formula is C20H28O4. The zero-order valence-corrected chi connectivity index (χ0v) is 14.6. The number of carbonyl (C=O) groups is 1. The van der Waals surface area contributed by atoms with E-state index >= 15 is 0 Å². The Labute approximate surface area is 143 Å². The molecule has 3 rings (SSSR count). The number of fused-ring (bicyclic) bond motifs is 1. The Morgan fingerprint density at radius 1 is 1.42 bits per heavy atom. The van der Waals surface area contributed by atoms with Gasteiger partial charge in [-0.3, -0.25) is 4.79 Å². The molecule has 0 amide bonds. The lowest BCUT2D eigenvalue weighted by molar-refractivity contribution is -0.183. The molecule has 4 nitrogen and oxygen atoms in total. The van der Waals surface area contributed by atoms with Gasteiger partial charge in [-0.2, -0.15) is 0 Å². The van der Waals surface area contributed by atoms with E-state index in [9.17, 15) is 15.0 Å². The maximum atomic E-state index is 12.0. The van der Waals surface area contributed by atoms with Gasteiger partial charge in [-0.25, -0.2) is 0 Å². The second-order valence-corrected chi connectivity index (χ2v) is 8.12. The quantitative estimate of drug-likeness (QED) is 0.816. The third-order valence-electron chi connectivity index (χ3n) is 6.97. The minimum Gasteiger partial charge on any atom is -0.481 e. The Balaban J connectivity index is 1.89. The summed E-state index contributed by atoms with van der Waals surface area (Å²) in [5, 5.41) is 20.3. The fourth-order valence-electron chi connectivity index (χ4n) is 5.43. The highest BCUT2D eigenvalue weighted by Crippen LogP contribution is 2.61. The highest BCUT2D eigenvalue weighted by atomic mass is 16.4. The van der Waals surface area contributed by atoms with Crippen LogP contribution in [0.1, 0.15) is 51.5 Å². The monoisotopic (exact) mass is 332 g/mol. The highest BCUT2D eigenvalue weighted by molar-refractivity contribution is 5.76. The predicted octanol–water partition coefficient (Wildman–Crippen LogP) is 4.05. The van der Waals surface area contributed by atoms with Crippen molar-refractivity contribution in [3.63, 3.8) is 0 Å². The molecule has 1 aromatic rings. The second-order valence-electron chi connectivity index (χ2n) is 8.12. The number of aliphatic carboxylic acids is 1. The van der Waals surface area contributed by atoms with E-state index in [2.05, 4.69) is 13.5 Å². The topological polar surface area (TPSA) is 70.7 Å². The van der Waals surface area contributed by atoms with Gasteiger partial charge in [0, 0.05) is 0 Å². The van der Waals surface area contributed by atoms with Gasteiger partial charge in [0.1, 0.15) is 0 Å². The molecule has 0 radical (unpaired) electrons. The van der Waals surface area contributed by atoms with Crippen LogP contribution in [-0.4, -0.2) is 22.3 Å². The first-order chi connectivity index (χ1) is 11.3. The molecule has 1 heterocycles. The maximum Gasteiger partial charge on any atom is 0.312 e. The van der Waals surface area contributed by atoms with E-state index in [1.54, 1.807) is 19.5 Å². The van der Waals surface area contributed by atoms with Gasteiger partial charge in [0.2, 0.25) is 0 Å². The molecule has 24 heavy (non-hydrogen) atoms. The van der Waals surface area contributed by atoms with E-state index in [1.807, 2.05) is 6.07 Å². The van der Waals surface area contributed by atoms with Gasteiger partial charge in [-0.1, -0.05) is 19.1 Å². The summed E-state index contributed by atoms with van der Waals surface area (Å²) in [7, 11) is 0. The Bertz CT molecular complexity index is 620. The van der Waals surface area contributed by atoms with Crippen LogP contribution in [-0.2, 0) is 11.2 Å². The van der Waals surface area contributed by atoms with Crippen molar-refractivity contribution in [3.8, 4) is 0 Å². The lowest BCUT2D eigenvalue weighted by Gasteiger charge is -2.58. The summed E-state index contributed by atoms with van der Waals surface area (Å²) in [4.78, 5) is 12.0. The largest absolute Gasteiger partial charge is 0.481 e. The lowest BCUT2D eigenvalue weighted by Crippen LogP contribution is -2.59. The number of carboxylic acid groups (broad SMARTS) is 1. The zero-order valence-electron chi connectivity index (χ0n) is 14.6. The van der Waals surface area contributed by atoms with Gasteiger partial charge >= 0.3 is 5.97 Å². The summed E-state index contributed by atoms with van der Waals surface area (Å²) in [6.07, 6.45) is 7.62. The van der Waals surface area contributed by atoms with Crippen molar-refractivity contribution in [2.75, 3.05) is 0 Å². The van der Waals surface area contributed by atoms with Gasteiger partial charge in [0.25, 0.3) is 0 Å². The molecule has 2 saturated carbocycles. The molecule has 1 aromatic heterocycles. The number of aliphatic hydroxyl groups is 1. The molecule has 0 aromatic carbocycles. The number of aliphatic hydroxyl groups excluding tert-OH is 1. The SMILES string of the molecule is C=C1CCC2C(C)(CCC(O)C2(C)C(=O)O)C1CCc1ccoc1. The summed E-state index contributed by atoms with van der Waals surface area (Å²) >= 11 is 0. The highest BCUT2D eigenvalue weighted by Gasteiger charge is 2.60. The van der Waals surface area contributed by atoms with Crippen molar-refractivity contribution < 1.29 is 19.4 Å². The molecule has 0 saturated heterocycles. The van der Waals surface area contributed by atoms with E-state index in [1.165, 1.54) is 11.1 Å². The van der Waals surface area contributed by atoms with E-state index in [0.29, 0.717) is 6.42 Å². The molecule has 2 fully saturated rings. The van der Waals surface area contributed by atoms with E-state index in [0.717, 1.165) is 32.1 Å². The summed E-state index contributed by atoms with van der Waals surface area (Å²) in [5.41, 5.74) is 1.22. The van der Waals surface area contributed by atoms with Crippen LogP contribution in [0.5, 0.6) is 0 Å². The number of hydrogen-bond donors (Lipinski definition) is 2. The van der Waals surface area contributed by atoms with Crippen LogP contribution in [0, 0.1) is 22.7 Å². The number of hydrogen-bond acceptors (Lipinski definition) is 3. The van der Waals surface area contributed by atoms with Crippen LogP contribution >= 0.6 is 0 Å². The third-order valence-corrected chi connectivity index (χ3v) is 6.97. The number of furan rings is 1. The van der Waals surface area contributed by atoms with Gasteiger partial charge in [0.15, 0.2) is 0 Å². The smallest absolute Gasteiger partial charge is 0.312 e. The molecule has 0 bridgehead atoms. The number of rotatable bonds is 4. The first-order valence-corrected chi connectivity index (χ1v) is 8.90. The summed E-state index contributed by atoms with van der Waals surface area (Å²) in [6, 6.07) is 1.98. The molecule has 2 aliphatic carbocycles. The van der Waals surface area contributed by atoms with Crippen LogP contribution in [0.15, 0.2) is 35.2 Å². The van der Waals surface area contributed by atoms with Gasteiger partial charge in [-0.15, -0.1) is 0 Å². The zero-order chi connectivity index (χ0) is 17.5. The Kier molecular flexibility index (Phi) is 4.37. The molecule has 132 valence electrons. The number of carboxylic acids is 1. The van der Waals surface area contributed by atoms with Crippen molar-refractivity contribution in [2.45, 2.75) is 58.5 Å². The molecular weight excluding hydrogens is 304 g/mol. The normalized spacial score (nSPS) is 39.5. The average molecular weight is 332 g/mol. The van der Waals surface area contributed by atoms with Crippen molar-refractivity contribution in [1.29, 1.82) is 0 Å². The second kappa shape index (κ2) is 6.07. The molecule has 2 aliphatic rings. The lowest BCUT2D eigenvalue weighted by atomic mass is 9.46. The Hall–Kier alpha value is -1.55. The van der Waals surface area contributed by atoms with Crippen molar-refractivity contribution in [3.05, 3.63) is 36.3 Å². The van der Waals surface area contributed by atoms with Crippen molar-refractivity contribution in [2.24, 2.45) is 22.7 Å². The minimum absolute atomic E-state index is 0.0221. The van der Waals surface area contributed by atoms with E-state index in [4.69, 9.17) is 4.42 Å². The molecule has 0 aliphatic heterocycles. The van der Waals surface area contributed by atoms with Crippen molar-refractivity contribution in [1.82, 2.24) is 0 Å². The molecule has 2 N–H and O–H groups in total. The summed E-state index contributed by atoms with van der Waals surface area (Å²) in [5.74, 6) is -0.601. The Morgan fingerprint density at radius 3 is 2.79 bits per heavy atom. The molecule has 5 atom stereocenters. The van der Waals surface area contributed by atoms with Crippen LogP contribution < -0.4 is 0 Å². The first-order valence-electron chi connectivity index (χ1n) is 8.90. The van der Waals surface area contributed by atoms with Gasteiger partial charge in [0.05, 0.1) is 24.0 Å². The predicted molar refractivity (Wildman–Crippen MR) is 91.5 cm³/mol. The number of allylic oxidation sites excluding steroid dienone is 1. The average Bonchev–Trinajstić information content (AvgIpc) is 3.04. The third kappa shape index (κ3) is 2.52. The van der Waals surface area contributed by atoms with Crippen LogP contribution in [0.3, 0.4) is 0 Å². The van der Waals surface area contributed by atoms with E-state index < -0.39 is 17.5 Å². The molecule has 5 unspecified atom stereocenters. The summed E-state index contributed by atoms with van der Waals surface area (Å²) in [6.45, 7) is 8.27. The first kappa shape index (κ1) is 17.3. The van der Waals surface area contributed by atoms with Gasteiger partial charge < -0.3 is 14.6 Å². The number of aryl methyl sites for hydroxylation is 1. The van der Waals surface area contributed by atoms with Crippen molar-refractivity contribution >= 4 is 5.97 Å². The fourth-order valence-corrected chi connectivity index (χ4v) is 5.43. The maximum absolute atomic E-state index is 12.0. The van der Waals surface area contributed by atoms with Crippen LogP contribution in [0.4, 0.5) is 0 Å². The van der Waals surface area contributed by atoms with Crippen LogP contribution in [0.25, 0.3) is 0 Å². The summed E-state index contributed by atoms with van der Waals surface area (Å²) < 4.78 is 5.16. The fraction of sp³-hybridized carbons (Fsp3) is 0.650. The molecule has 0 spiro atoms. The Morgan fingerprint density at radius 2 is 2.17 bits per heavy atom. The van der Waals surface area contributed by atoms with E-state index in [-0.39, 0.29) is 17.3 Å².